The molecule has 0 aliphatic heterocycles. The molecule has 0 aromatic rings. The van der Waals surface area contributed by atoms with E-state index in [0.29, 0.717) is 0 Å². The molecule has 10 nitrogen and oxygen atoms in total. The van der Waals surface area contributed by atoms with Gasteiger partial charge in [0.15, 0.2) is 10.1 Å². The Hall–Kier alpha value is -1.68. The second kappa shape index (κ2) is 6.74. The maximum absolute atomic E-state index is 10.4. The van der Waals surface area contributed by atoms with Gasteiger partial charge in [-0.15, -0.1) is 10.9 Å². The predicted molar refractivity (Wildman–Crippen MR) is 55.2 cm³/mol. The minimum absolute atomic E-state index is 0.167. The normalized spacial score (nSPS) is 10.9. The summed E-state index contributed by atoms with van der Waals surface area (Å²) in [5.41, 5.74) is 13.5. The summed E-state index contributed by atoms with van der Waals surface area (Å²) in [4.78, 5) is 20.6. The predicted octanol–water partition coefficient (Wildman–Crippen LogP) is -2.01. The van der Waals surface area contributed by atoms with Crippen LogP contribution in [0.2, 0.25) is 0 Å². The van der Waals surface area contributed by atoms with E-state index in [2.05, 4.69) is 0 Å². The smallest absolute Gasteiger partial charge is 0.158 e. The van der Waals surface area contributed by atoms with Crippen molar-refractivity contribution in [2.75, 3.05) is 19.6 Å². The van der Waals surface area contributed by atoms with Crippen molar-refractivity contribution >= 4 is 0 Å². The van der Waals surface area contributed by atoms with Gasteiger partial charge < -0.3 is 11.5 Å². The van der Waals surface area contributed by atoms with Crippen LogP contribution in [0.5, 0.6) is 0 Å². The second-order valence-electron chi connectivity index (χ2n) is 3.32. The van der Waals surface area contributed by atoms with E-state index in [1.807, 2.05) is 10.9 Å². The van der Waals surface area contributed by atoms with E-state index >= 15 is 0 Å². The molecular weight excluding hydrogens is 220 g/mol. The molecule has 0 aliphatic rings. The van der Waals surface area contributed by atoms with Crippen LogP contribution in [-0.4, -0.2) is 35.2 Å². The average molecular weight is 236 g/mol. The number of nitro groups is 2. The molecule has 0 atom stereocenters. The summed E-state index contributed by atoms with van der Waals surface area (Å²) < 4.78 is 0. The van der Waals surface area contributed by atoms with Gasteiger partial charge in [-0.05, 0) is 25.9 Å². The van der Waals surface area contributed by atoms with Gasteiger partial charge in [-0.1, -0.05) is 0 Å². The van der Waals surface area contributed by atoms with Crippen LogP contribution in [0.4, 0.5) is 0 Å². The first-order valence-electron chi connectivity index (χ1n) is 4.66. The largest absolute Gasteiger partial charge is 0.330 e. The first-order valence-corrected chi connectivity index (χ1v) is 4.66. The van der Waals surface area contributed by atoms with E-state index in [9.17, 15) is 20.2 Å². The van der Waals surface area contributed by atoms with Gasteiger partial charge in [0.25, 0.3) is 0 Å². The summed E-state index contributed by atoms with van der Waals surface area (Å²) in [5.74, 6) is 0. The Kier molecular flexibility index (Phi) is 6.03. The first kappa shape index (κ1) is 14.3. The van der Waals surface area contributed by atoms with Gasteiger partial charge in [-0.2, -0.15) is 0 Å². The molecule has 0 bridgehead atoms. The number of nitrogens with one attached hydrogen (secondary N) is 2. The molecule has 0 heterocycles. The fourth-order valence-corrected chi connectivity index (χ4v) is 1.42. The quantitative estimate of drug-likeness (QED) is 0.263. The summed E-state index contributed by atoms with van der Waals surface area (Å²) in [5, 5.41) is 19.1. The summed E-state index contributed by atoms with van der Waals surface area (Å²) in [6, 6.07) is 0. The Labute approximate surface area is 91.6 Å². The summed E-state index contributed by atoms with van der Waals surface area (Å²) in [6.07, 6.45) is 0.429. The lowest BCUT2D eigenvalue weighted by Crippen LogP contribution is -2.57. The molecule has 0 unspecified atom stereocenters. The average Bonchev–Trinajstić information content (AvgIpc) is 2.14. The van der Waals surface area contributed by atoms with E-state index in [4.69, 9.17) is 11.5 Å². The molecule has 0 aromatic carbocycles. The highest BCUT2D eigenvalue weighted by Crippen LogP contribution is 2.13. The summed E-state index contributed by atoms with van der Waals surface area (Å²) >= 11 is 0. The van der Waals surface area contributed by atoms with Gasteiger partial charge in [0.1, 0.15) is 12.1 Å². The van der Waals surface area contributed by atoms with E-state index in [1.165, 1.54) is 0 Å². The number of hydrogen-bond acceptors (Lipinski definition) is 6. The summed E-state index contributed by atoms with van der Waals surface area (Å²) in [7, 11) is 0. The standard InChI is InChI=1S/C6H16N6O4/c7-3-1-6(2-4-8,10-12(15)16)5-9-11(13)14/h9-10H,1-5,7-8H2. The van der Waals surface area contributed by atoms with Crippen molar-refractivity contribution in [3.63, 3.8) is 0 Å². The Balaban J connectivity index is 4.61. The zero-order valence-corrected chi connectivity index (χ0v) is 8.72. The zero-order valence-electron chi connectivity index (χ0n) is 8.72. The van der Waals surface area contributed by atoms with Gasteiger partial charge in [0.2, 0.25) is 0 Å². The molecule has 0 spiro atoms. The van der Waals surface area contributed by atoms with E-state index in [0.717, 1.165) is 0 Å². The zero-order chi connectivity index (χ0) is 12.6. The van der Waals surface area contributed by atoms with E-state index in [-0.39, 0.29) is 32.5 Å². The van der Waals surface area contributed by atoms with Crippen LogP contribution in [0.3, 0.4) is 0 Å². The van der Waals surface area contributed by atoms with Crippen LogP contribution in [0, 0.1) is 20.2 Å². The number of hydrogen-bond donors (Lipinski definition) is 4. The van der Waals surface area contributed by atoms with Gasteiger partial charge in [0.05, 0.1) is 0 Å². The molecule has 0 rings (SSSR count). The first-order chi connectivity index (χ1) is 7.45. The molecule has 94 valence electrons. The molecular formula is C6H16N6O4. The molecule has 0 fully saturated rings. The highest BCUT2D eigenvalue weighted by atomic mass is 16.7. The molecule has 10 heteroatoms. The Morgan fingerprint density at radius 1 is 1.06 bits per heavy atom. The Morgan fingerprint density at radius 2 is 1.56 bits per heavy atom. The second-order valence-corrected chi connectivity index (χ2v) is 3.32. The lowest BCUT2D eigenvalue weighted by molar-refractivity contribution is -0.572. The molecule has 0 aromatic heterocycles. The van der Waals surface area contributed by atoms with Crippen molar-refractivity contribution in [1.29, 1.82) is 0 Å². The topological polar surface area (TPSA) is 162 Å². The molecule has 6 N–H and O–H groups in total. The molecule has 0 amide bonds. The monoisotopic (exact) mass is 236 g/mol. The number of hydrazine groups is 2. The van der Waals surface area contributed by atoms with Crippen molar-refractivity contribution in [2.45, 2.75) is 18.4 Å². The Morgan fingerprint density at radius 3 is 1.88 bits per heavy atom. The van der Waals surface area contributed by atoms with Gasteiger partial charge in [-0.25, -0.2) is 20.2 Å². The number of nitrogens with zero attached hydrogens (tertiary/aromatic N) is 2. The highest BCUT2D eigenvalue weighted by molar-refractivity contribution is 4.87. The van der Waals surface area contributed by atoms with Crippen molar-refractivity contribution in [1.82, 2.24) is 10.9 Å². The Bertz CT molecular complexity index is 241. The minimum atomic E-state index is -1.10. The van der Waals surface area contributed by atoms with Crippen molar-refractivity contribution in [2.24, 2.45) is 11.5 Å². The number of nitrogens with two attached hydrogens (primary N) is 2. The van der Waals surface area contributed by atoms with Crippen LogP contribution in [0.25, 0.3) is 0 Å². The maximum atomic E-state index is 10.4. The van der Waals surface area contributed by atoms with Crippen LogP contribution >= 0.6 is 0 Å². The third-order valence-electron chi connectivity index (χ3n) is 2.12. The van der Waals surface area contributed by atoms with Gasteiger partial charge in [0, 0.05) is 0 Å². The summed E-state index contributed by atoms with van der Waals surface area (Å²) in [6.45, 7) is 0.121. The van der Waals surface area contributed by atoms with Crippen molar-refractivity contribution < 1.29 is 10.1 Å². The van der Waals surface area contributed by atoms with Crippen LogP contribution in [-0.2, 0) is 0 Å². The SMILES string of the molecule is NCCC(CCN)(CN[N+](=O)[O-])N[N+](=O)[O-]. The molecule has 16 heavy (non-hydrogen) atoms. The lowest BCUT2D eigenvalue weighted by atomic mass is 9.92. The van der Waals surface area contributed by atoms with Crippen LogP contribution in [0.1, 0.15) is 12.8 Å². The fraction of sp³-hybridized carbons (Fsp3) is 1.00. The lowest BCUT2D eigenvalue weighted by Gasteiger charge is -2.27. The molecule has 0 saturated heterocycles. The third-order valence-corrected chi connectivity index (χ3v) is 2.12. The third kappa shape index (κ3) is 5.26. The van der Waals surface area contributed by atoms with E-state index in [1.54, 1.807) is 0 Å². The van der Waals surface area contributed by atoms with Crippen LogP contribution < -0.4 is 22.3 Å². The highest BCUT2D eigenvalue weighted by Gasteiger charge is 2.35. The minimum Gasteiger partial charge on any atom is -0.330 e. The van der Waals surface area contributed by atoms with Crippen molar-refractivity contribution in [3.05, 3.63) is 20.2 Å². The maximum Gasteiger partial charge on any atom is 0.158 e. The number of rotatable bonds is 9. The van der Waals surface area contributed by atoms with Gasteiger partial charge in [-0.3, -0.25) is 0 Å². The molecule has 0 saturated carbocycles. The van der Waals surface area contributed by atoms with Crippen molar-refractivity contribution in [3.8, 4) is 0 Å². The van der Waals surface area contributed by atoms with E-state index < -0.39 is 15.6 Å². The fourth-order valence-electron chi connectivity index (χ4n) is 1.42. The van der Waals surface area contributed by atoms with Crippen LogP contribution in [0.15, 0.2) is 0 Å². The molecule has 0 aliphatic carbocycles. The van der Waals surface area contributed by atoms with Gasteiger partial charge >= 0.3 is 0 Å². The molecule has 0 radical (unpaired) electrons.